The van der Waals surface area contributed by atoms with E-state index in [9.17, 15) is 14.8 Å². The standard InChI is InChI=1S/C20H24N5O8P/c26-17-14(9-32-34(28,29)30)33-20(18(17)27)25-11-23-16-15(21-10-22-19(16)25)12-2-1-3-13(8-12)24-4-6-31-7-5-24/h1-3,8,10-11,14,17-18,20,26-27H,4-7,9H2,(H2,28,29,30)/t14-,17-,18-,20-/m1/s1. The second-order valence-electron chi connectivity index (χ2n) is 8.03. The van der Waals surface area contributed by atoms with Crippen molar-refractivity contribution in [2.75, 3.05) is 37.8 Å². The van der Waals surface area contributed by atoms with Gasteiger partial charge in [0.2, 0.25) is 0 Å². The third-order valence-electron chi connectivity index (χ3n) is 5.87. The van der Waals surface area contributed by atoms with Crippen molar-refractivity contribution < 1.29 is 38.6 Å². The van der Waals surface area contributed by atoms with E-state index in [2.05, 4.69) is 24.4 Å². The number of hydrogen-bond acceptors (Lipinski definition) is 10. The van der Waals surface area contributed by atoms with E-state index in [0.717, 1.165) is 24.3 Å². The number of hydrogen-bond donors (Lipinski definition) is 4. The summed E-state index contributed by atoms with van der Waals surface area (Å²) in [6.07, 6.45) is -2.28. The third kappa shape index (κ3) is 4.57. The van der Waals surface area contributed by atoms with Gasteiger partial charge in [-0.3, -0.25) is 9.09 Å². The highest BCUT2D eigenvalue weighted by Crippen LogP contribution is 2.39. The molecule has 14 heteroatoms. The summed E-state index contributed by atoms with van der Waals surface area (Å²) in [5, 5.41) is 20.8. The Labute approximate surface area is 193 Å². The average Bonchev–Trinajstić information content (AvgIpc) is 3.39. The fourth-order valence-electron chi connectivity index (χ4n) is 4.19. The molecule has 4 atom stereocenters. The lowest BCUT2D eigenvalue weighted by molar-refractivity contribution is -0.0504. The van der Waals surface area contributed by atoms with Gasteiger partial charge < -0.3 is 34.4 Å². The van der Waals surface area contributed by atoms with Crippen LogP contribution in [0.4, 0.5) is 5.69 Å². The average molecular weight is 493 g/mol. The Balaban J connectivity index is 1.44. The monoisotopic (exact) mass is 493 g/mol. The van der Waals surface area contributed by atoms with E-state index in [4.69, 9.17) is 19.3 Å². The molecule has 2 aromatic heterocycles. The Morgan fingerprint density at radius 1 is 1.12 bits per heavy atom. The Morgan fingerprint density at radius 3 is 2.68 bits per heavy atom. The van der Waals surface area contributed by atoms with Crippen molar-refractivity contribution >= 4 is 24.7 Å². The molecule has 3 aromatic rings. The molecule has 0 amide bonds. The Bertz CT molecular complexity index is 1210. The maximum atomic E-state index is 11.0. The number of phosphoric ester groups is 1. The van der Waals surface area contributed by atoms with Crippen LogP contribution in [0.1, 0.15) is 6.23 Å². The summed E-state index contributed by atoms with van der Waals surface area (Å²) in [5.74, 6) is 0. The number of benzene rings is 1. The van der Waals surface area contributed by atoms with Crippen molar-refractivity contribution in [1.29, 1.82) is 0 Å². The molecule has 2 fully saturated rings. The van der Waals surface area contributed by atoms with Gasteiger partial charge in [-0.25, -0.2) is 19.5 Å². The number of rotatable bonds is 6. The molecular weight excluding hydrogens is 469 g/mol. The van der Waals surface area contributed by atoms with Gasteiger partial charge in [-0.15, -0.1) is 0 Å². The van der Waals surface area contributed by atoms with Gasteiger partial charge in [0.05, 0.1) is 26.1 Å². The molecule has 4 N–H and O–H groups in total. The molecule has 4 heterocycles. The van der Waals surface area contributed by atoms with Crippen LogP contribution in [0.3, 0.4) is 0 Å². The number of aliphatic hydroxyl groups is 2. The fourth-order valence-corrected chi connectivity index (χ4v) is 4.53. The molecule has 0 spiro atoms. The fraction of sp³-hybridized carbons (Fsp3) is 0.450. The van der Waals surface area contributed by atoms with E-state index >= 15 is 0 Å². The van der Waals surface area contributed by atoms with E-state index in [1.807, 2.05) is 24.3 Å². The van der Waals surface area contributed by atoms with Gasteiger partial charge in [0.25, 0.3) is 0 Å². The smallest absolute Gasteiger partial charge is 0.387 e. The zero-order valence-electron chi connectivity index (χ0n) is 17.9. The first-order valence-corrected chi connectivity index (χ1v) is 12.2. The third-order valence-corrected chi connectivity index (χ3v) is 6.36. The van der Waals surface area contributed by atoms with Gasteiger partial charge in [-0.05, 0) is 12.1 Å². The topological polar surface area (TPSA) is 173 Å². The van der Waals surface area contributed by atoms with Crippen molar-refractivity contribution in [3.05, 3.63) is 36.9 Å². The van der Waals surface area contributed by atoms with Crippen molar-refractivity contribution in [3.8, 4) is 11.3 Å². The van der Waals surface area contributed by atoms with Crippen LogP contribution in [0, 0.1) is 0 Å². The summed E-state index contributed by atoms with van der Waals surface area (Å²) >= 11 is 0. The van der Waals surface area contributed by atoms with E-state index in [0.29, 0.717) is 30.1 Å². The number of nitrogens with zero attached hydrogens (tertiary/aromatic N) is 5. The molecule has 0 aliphatic carbocycles. The van der Waals surface area contributed by atoms with Gasteiger partial charge in [0, 0.05) is 24.3 Å². The number of phosphoric acid groups is 1. The van der Waals surface area contributed by atoms with E-state index in [1.54, 1.807) is 0 Å². The van der Waals surface area contributed by atoms with E-state index < -0.39 is 39.0 Å². The predicted octanol–water partition coefficient (Wildman–Crippen LogP) is 0.0584. The number of anilines is 1. The number of fused-ring (bicyclic) bond motifs is 1. The molecule has 2 saturated heterocycles. The molecule has 1 aromatic carbocycles. The molecule has 0 saturated carbocycles. The maximum absolute atomic E-state index is 11.0. The van der Waals surface area contributed by atoms with Crippen LogP contribution in [0.2, 0.25) is 0 Å². The lowest BCUT2D eigenvalue weighted by atomic mass is 10.1. The highest BCUT2D eigenvalue weighted by Gasteiger charge is 2.45. The summed E-state index contributed by atoms with van der Waals surface area (Å²) in [4.78, 5) is 33.2. The lowest BCUT2D eigenvalue weighted by Crippen LogP contribution is -2.36. The molecule has 2 aliphatic rings. The number of ether oxygens (including phenoxy) is 2. The predicted molar refractivity (Wildman–Crippen MR) is 118 cm³/mol. The Hall–Kier alpha value is -2.48. The minimum Gasteiger partial charge on any atom is -0.387 e. The molecule has 0 unspecified atom stereocenters. The Kier molecular flexibility index (Phi) is 6.35. The van der Waals surface area contributed by atoms with E-state index in [1.165, 1.54) is 17.2 Å². The molecule has 2 aliphatic heterocycles. The Morgan fingerprint density at radius 2 is 1.91 bits per heavy atom. The quantitative estimate of drug-likeness (QED) is 0.341. The summed E-state index contributed by atoms with van der Waals surface area (Å²) in [6, 6.07) is 7.91. The molecule has 13 nitrogen and oxygen atoms in total. The van der Waals surface area contributed by atoms with Crippen LogP contribution in [0.15, 0.2) is 36.9 Å². The van der Waals surface area contributed by atoms with Crippen molar-refractivity contribution in [2.24, 2.45) is 0 Å². The molecule has 182 valence electrons. The second kappa shape index (κ2) is 9.29. The number of imidazole rings is 1. The summed E-state index contributed by atoms with van der Waals surface area (Å²) < 4.78 is 28.0. The minimum absolute atomic E-state index is 0.370. The van der Waals surface area contributed by atoms with Crippen LogP contribution >= 0.6 is 7.82 Å². The zero-order chi connectivity index (χ0) is 23.9. The van der Waals surface area contributed by atoms with Crippen molar-refractivity contribution in [1.82, 2.24) is 19.5 Å². The number of aliphatic hydroxyl groups excluding tert-OH is 2. The maximum Gasteiger partial charge on any atom is 0.469 e. The zero-order valence-corrected chi connectivity index (χ0v) is 18.8. The molecule has 0 radical (unpaired) electrons. The van der Waals surface area contributed by atoms with Crippen LogP contribution in [0.5, 0.6) is 0 Å². The highest BCUT2D eigenvalue weighted by atomic mass is 31.2. The SMILES string of the molecule is O=P(O)(O)OC[C@H]1O[C@@H](n2cnc3c(-c4cccc(N5CCOCC5)c4)ncnc32)[C@H](O)[C@@H]1O. The first-order valence-electron chi connectivity index (χ1n) is 10.6. The first-order chi connectivity index (χ1) is 16.3. The van der Waals surface area contributed by atoms with Gasteiger partial charge >= 0.3 is 7.82 Å². The van der Waals surface area contributed by atoms with Crippen LogP contribution < -0.4 is 4.90 Å². The molecule has 34 heavy (non-hydrogen) atoms. The highest BCUT2D eigenvalue weighted by molar-refractivity contribution is 7.46. The summed E-state index contributed by atoms with van der Waals surface area (Å²) in [6.45, 7) is 2.33. The largest absolute Gasteiger partial charge is 0.469 e. The van der Waals surface area contributed by atoms with E-state index in [-0.39, 0.29) is 0 Å². The van der Waals surface area contributed by atoms with Crippen molar-refractivity contribution in [2.45, 2.75) is 24.5 Å². The van der Waals surface area contributed by atoms with Crippen LogP contribution in [-0.4, -0.2) is 90.7 Å². The van der Waals surface area contributed by atoms with Gasteiger partial charge in [-0.1, -0.05) is 12.1 Å². The number of morpholine rings is 1. The molecule has 5 rings (SSSR count). The minimum atomic E-state index is -4.76. The van der Waals surface area contributed by atoms with Crippen LogP contribution in [-0.2, 0) is 18.6 Å². The van der Waals surface area contributed by atoms with Gasteiger partial charge in [-0.2, -0.15) is 0 Å². The lowest BCUT2D eigenvalue weighted by Gasteiger charge is -2.29. The summed E-state index contributed by atoms with van der Waals surface area (Å²) in [5.41, 5.74) is 3.31. The van der Waals surface area contributed by atoms with Gasteiger partial charge in [0.15, 0.2) is 11.9 Å². The summed E-state index contributed by atoms with van der Waals surface area (Å²) in [7, 11) is -4.76. The molecule has 0 bridgehead atoms. The molecular formula is C20H24N5O8P. The van der Waals surface area contributed by atoms with Gasteiger partial charge in [0.1, 0.15) is 35.8 Å². The normalized spacial score (nSPS) is 25.8. The second-order valence-corrected chi connectivity index (χ2v) is 9.27. The van der Waals surface area contributed by atoms with Crippen LogP contribution in [0.25, 0.3) is 22.4 Å². The first kappa shape index (κ1) is 23.3. The van der Waals surface area contributed by atoms with Crippen molar-refractivity contribution in [3.63, 3.8) is 0 Å². The number of aromatic nitrogens is 4.